The minimum absolute atomic E-state index is 0.143. The second-order valence-electron chi connectivity index (χ2n) is 2.98. The van der Waals surface area contributed by atoms with Gasteiger partial charge in [-0.2, -0.15) is 0 Å². The van der Waals surface area contributed by atoms with Gasteiger partial charge in [0.1, 0.15) is 6.10 Å². The molecule has 0 bridgehead atoms. The Morgan fingerprint density at radius 2 is 2.40 bits per heavy atom. The minimum Gasteiger partial charge on any atom is -0.368 e. The van der Waals surface area contributed by atoms with Crippen molar-refractivity contribution >= 4 is 11.6 Å². The summed E-state index contributed by atoms with van der Waals surface area (Å²) < 4.78 is 5.30. The summed E-state index contributed by atoms with van der Waals surface area (Å²) in [6, 6.07) is 0. The third-order valence-electron chi connectivity index (χ3n) is 1.62. The van der Waals surface area contributed by atoms with Crippen LogP contribution in [-0.2, 0) is 4.74 Å². The molecule has 1 nitrogen and oxygen atoms in total. The summed E-state index contributed by atoms with van der Waals surface area (Å²) in [5.74, 6) is 0. The molecule has 1 saturated heterocycles. The molecule has 0 aliphatic carbocycles. The maximum Gasteiger partial charge on any atom is 0.101 e. The van der Waals surface area contributed by atoms with E-state index in [9.17, 15) is 0 Å². The number of alkyl halides is 1. The van der Waals surface area contributed by atoms with Gasteiger partial charge in [-0.3, -0.25) is 0 Å². The van der Waals surface area contributed by atoms with E-state index in [4.69, 9.17) is 16.3 Å². The van der Waals surface area contributed by atoms with Crippen LogP contribution in [0.1, 0.15) is 20.3 Å². The van der Waals surface area contributed by atoms with E-state index in [0.29, 0.717) is 6.10 Å². The van der Waals surface area contributed by atoms with Crippen molar-refractivity contribution in [1.82, 2.24) is 0 Å². The zero-order valence-corrected chi connectivity index (χ0v) is 7.19. The second kappa shape index (κ2) is 2.93. The van der Waals surface area contributed by atoms with Crippen LogP contribution < -0.4 is 0 Å². The van der Waals surface area contributed by atoms with Gasteiger partial charge in [0.15, 0.2) is 0 Å². The van der Waals surface area contributed by atoms with Crippen molar-refractivity contribution in [1.29, 1.82) is 0 Å². The molecule has 0 aromatic rings. The highest BCUT2D eigenvalue weighted by Crippen LogP contribution is 2.32. The lowest BCUT2D eigenvalue weighted by Crippen LogP contribution is -2.05. The first-order chi connectivity index (χ1) is 4.61. The Labute approximate surface area is 67.0 Å². The van der Waals surface area contributed by atoms with Gasteiger partial charge in [-0.1, -0.05) is 5.57 Å². The highest BCUT2D eigenvalue weighted by atomic mass is 35.5. The smallest absolute Gasteiger partial charge is 0.101 e. The Kier molecular flexibility index (Phi) is 2.37. The zero-order chi connectivity index (χ0) is 7.72. The Hall–Kier alpha value is -0.0100. The Bertz CT molecular complexity index is 142. The predicted molar refractivity (Wildman–Crippen MR) is 43.4 cm³/mol. The van der Waals surface area contributed by atoms with E-state index in [0.717, 1.165) is 6.42 Å². The van der Waals surface area contributed by atoms with Crippen LogP contribution in [0.5, 0.6) is 0 Å². The molecule has 0 spiro atoms. The van der Waals surface area contributed by atoms with Gasteiger partial charge in [0.25, 0.3) is 0 Å². The molecule has 58 valence electrons. The fourth-order valence-electron chi connectivity index (χ4n) is 1.07. The standard InChI is InChI=1S/C8H13ClO/c1-5(2)4-7-8(10-7)6(3)9/h6-8H,1,4H2,2-3H3/t6-,7-,8-/m0/s1. The molecule has 1 heterocycles. The molecule has 1 fully saturated rings. The number of ether oxygens (including phenoxy) is 1. The highest BCUT2D eigenvalue weighted by molar-refractivity contribution is 6.21. The molecule has 3 atom stereocenters. The molecule has 0 amide bonds. The number of epoxide rings is 1. The van der Waals surface area contributed by atoms with Crippen LogP contribution >= 0.6 is 11.6 Å². The van der Waals surface area contributed by atoms with Crippen LogP contribution in [0, 0.1) is 0 Å². The maximum absolute atomic E-state index is 5.80. The molecule has 0 aromatic carbocycles. The number of hydrogen-bond acceptors (Lipinski definition) is 1. The largest absolute Gasteiger partial charge is 0.368 e. The maximum atomic E-state index is 5.80. The van der Waals surface area contributed by atoms with Crippen LogP contribution in [-0.4, -0.2) is 17.6 Å². The van der Waals surface area contributed by atoms with Crippen LogP contribution in [0.3, 0.4) is 0 Å². The molecule has 0 N–H and O–H groups in total. The Morgan fingerprint density at radius 3 is 2.70 bits per heavy atom. The van der Waals surface area contributed by atoms with E-state index >= 15 is 0 Å². The summed E-state index contributed by atoms with van der Waals surface area (Å²) >= 11 is 5.80. The van der Waals surface area contributed by atoms with Gasteiger partial charge in [0.05, 0.1) is 11.5 Å². The first-order valence-corrected chi connectivity index (χ1v) is 3.99. The lowest BCUT2D eigenvalue weighted by atomic mass is 10.1. The molecule has 0 aromatic heterocycles. The quantitative estimate of drug-likeness (QED) is 0.351. The van der Waals surface area contributed by atoms with Crippen molar-refractivity contribution in [2.75, 3.05) is 0 Å². The number of halogens is 1. The van der Waals surface area contributed by atoms with E-state index in [1.807, 2.05) is 13.8 Å². The second-order valence-corrected chi connectivity index (χ2v) is 3.67. The molecule has 10 heavy (non-hydrogen) atoms. The minimum atomic E-state index is 0.143. The van der Waals surface area contributed by atoms with Gasteiger partial charge < -0.3 is 4.74 Å². The lowest BCUT2D eigenvalue weighted by Gasteiger charge is -1.94. The van der Waals surface area contributed by atoms with Crippen molar-refractivity contribution in [2.24, 2.45) is 0 Å². The number of rotatable bonds is 3. The average molecular weight is 161 g/mol. The van der Waals surface area contributed by atoms with Gasteiger partial charge in [0.2, 0.25) is 0 Å². The van der Waals surface area contributed by atoms with Crippen LogP contribution in [0.25, 0.3) is 0 Å². The average Bonchev–Trinajstić information content (AvgIpc) is 2.43. The third-order valence-corrected chi connectivity index (χ3v) is 1.87. The SMILES string of the molecule is C=C(C)C[C@@H]1O[C@H]1[C@H](C)Cl. The summed E-state index contributed by atoms with van der Waals surface area (Å²) in [5.41, 5.74) is 1.17. The molecule has 1 aliphatic heterocycles. The van der Waals surface area contributed by atoms with Crippen molar-refractivity contribution in [3.63, 3.8) is 0 Å². The van der Waals surface area contributed by atoms with Gasteiger partial charge in [0, 0.05) is 0 Å². The summed E-state index contributed by atoms with van der Waals surface area (Å²) in [7, 11) is 0. The third kappa shape index (κ3) is 1.99. The summed E-state index contributed by atoms with van der Waals surface area (Å²) in [5, 5.41) is 0.143. The molecular weight excluding hydrogens is 148 g/mol. The van der Waals surface area contributed by atoms with Crippen LogP contribution in [0.2, 0.25) is 0 Å². The van der Waals surface area contributed by atoms with Gasteiger partial charge in [-0.05, 0) is 20.3 Å². The molecular formula is C8H13ClO. The molecule has 2 heteroatoms. The molecule has 0 saturated carbocycles. The summed E-state index contributed by atoms with van der Waals surface area (Å²) in [6.45, 7) is 7.78. The van der Waals surface area contributed by atoms with Crippen LogP contribution in [0.15, 0.2) is 12.2 Å². The van der Waals surface area contributed by atoms with E-state index in [1.165, 1.54) is 5.57 Å². The van der Waals surface area contributed by atoms with Crippen LogP contribution in [0.4, 0.5) is 0 Å². The lowest BCUT2D eigenvalue weighted by molar-refractivity contribution is 0.367. The van der Waals surface area contributed by atoms with Gasteiger partial charge >= 0.3 is 0 Å². The van der Waals surface area contributed by atoms with E-state index in [-0.39, 0.29) is 11.5 Å². The van der Waals surface area contributed by atoms with Crippen molar-refractivity contribution in [3.05, 3.63) is 12.2 Å². The number of hydrogen-bond donors (Lipinski definition) is 0. The predicted octanol–water partition coefficient (Wildman–Crippen LogP) is 2.35. The van der Waals surface area contributed by atoms with E-state index < -0.39 is 0 Å². The fraction of sp³-hybridized carbons (Fsp3) is 0.750. The molecule has 1 aliphatic rings. The normalized spacial score (nSPS) is 33.5. The summed E-state index contributed by atoms with van der Waals surface area (Å²) in [6.07, 6.45) is 1.59. The van der Waals surface area contributed by atoms with E-state index in [2.05, 4.69) is 6.58 Å². The fourth-order valence-corrected chi connectivity index (χ4v) is 1.29. The van der Waals surface area contributed by atoms with Crippen molar-refractivity contribution < 1.29 is 4.74 Å². The highest BCUT2D eigenvalue weighted by Gasteiger charge is 2.41. The topological polar surface area (TPSA) is 12.5 Å². The van der Waals surface area contributed by atoms with Crippen molar-refractivity contribution in [2.45, 2.75) is 37.9 Å². The first-order valence-electron chi connectivity index (χ1n) is 3.55. The van der Waals surface area contributed by atoms with E-state index in [1.54, 1.807) is 0 Å². The Balaban J connectivity index is 2.19. The zero-order valence-electron chi connectivity index (χ0n) is 6.43. The van der Waals surface area contributed by atoms with Gasteiger partial charge in [-0.25, -0.2) is 0 Å². The first kappa shape index (κ1) is 8.09. The summed E-state index contributed by atoms with van der Waals surface area (Å²) in [4.78, 5) is 0. The molecule has 0 unspecified atom stereocenters. The van der Waals surface area contributed by atoms with Gasteiger partial charge in [-0.15, -0.1) is 18.2 Å². The van der Waals surface area contributed by atoms with Crippen molar-refractivity contribution in [3.8, 4) is 0 Å². The Morgan fingerprint density at radius 1 is 1.80 bits per heavy atom. The molecule has 1 rings (SSSR count). The molecule has 0 radical (unpaired) electrons. The monoisotopic (exact) mass is 160 g/mol.